The molecular formula is C18H24N4O3. The smallest absolute Gasteiger partial charge is 0.306 e. The molecule has 1 saturated heterocycles. The van der Waals surface area contributed by atoms with Crippen molar-refractivity contribution in [3.05, 3.63) is 58.4 Å². The molecule has 25 heavy (non-hydrogen) atoms. The fourth-order valence-electron chi connectivity index (χ4n) is 3.52. The van der Waals surface area contributed by atoms with E-state index in [-0.39, 0.29) is 12.2 Å². The Labute approximate surface area is 147 Å². The van der Waals surface area contributed by atoms with Gasteiger partial charge >= 0.3 is 5.69 Å². The maximum Gasteiger partial charge on any atom is 0.306 e. The molecule has 2 unspecified atom stereocenters. The van der Waals surface area contributed by atoms with Gasteiger partial charge in [0.1, 0.15) is 12.4 Å². The highest BCUT2D eigenvalue weighted by atomic mass is 16.6. The molecular weight excluding hydrogens is 320 g/mol. The van der Waals surface area contributed by atoms with Crippen LogP contribution >= 0.6 is 0 Å². The minimum atomic E-state index is -0.590. The minimum absolute atomic E-state index is 0.0484. The van der Waals surface area contributed by atoms with E-state index in [1.165, 1.54) is 29.1 Å². The number of hydrogen-bond acceptors (Lipinski definition) is 5. The van der Waals surface area contributed by atoms with Crippen molar-refractivity contribution in [1.82, 2.24) is 14.7 Å². The quantitative estimate of drug-likeness (QED) is 0.642. The molecule has 1 aromatic heterocycles. The number of rotatable bonds is 6. The molecule has 1 aliphatic heterocycles. The van der Waals surface area contributed by atoms with E-state index in [4.69, 9.17) is 0 Å². The van der Waals surface area contributed by atoms with E-state index < -0.39 is 11.0 Å². The van der Waals surface area contributed by atoms with E-state index in [0.29, 0.717) is 12.5 Å². The average molecular weight is 344 g/mol. The van der Waals surface area contributed by atoms with E-state index >= 15 is 0 Å². The monoisotopic (exact) mass is 344 g/mol. The van der Waals surface area contributed by atoms with Gasteiger partial charge in [-0.2, -0.15) is 5.10 Å². The summed E-state index contributed by atoms with van der Waals surface area (Å²) in [5, 5.41) is 24.9. The van der Waals surface area contributed by atoms with E-state index in [9.17, 15) is 15.2 Å². The van der Waals surface area contributed by atoms with Crippen molar-refractivity contribution < 1.29 is 10.0 Å². The van der Waals surface area contributed by atoms with Crippen LogP contribution in [0, 0.1) is 10.1 Å². The summed E-state index contributed by atoms with van der Waals surface area (Å²) in [4.78, 5) is 12.5. The fourth-order valence-corrected chi connectivity index (χ4v) is 3.52. The Bertz CT molecular complexity index is 689. The van der Waals surface area contributed by atoms with Crippen LogP contribution in [0.4, 0.5) is 5.69 Å². The van der Waals surface area contributed by atoms with Crippen molar-refractivity contribution in [2.75, 3.05) is 19.6 Å². The Balaban J connectivity index is 1.50. The zero-order valence-corrected chi connectivity index (χ0v) is 14.2. The number of β-amino-alcohol motifs (C(OH)–C–C–N with tert-alkyl or cyclic N) is 1. The normalized spacial score (nSPS) is 20.1. The number of aliphatic hydroxyl groups excluding tert-OH is 1. The third kappa shape index (κ3) is 4.87. The molecule has 7 nitrogen and oxygen atoms in total. The lowest BCUT2D eigenvalue weighted by molar-refractivity contribution is -0.385. The van der Waals surface area contributed by atoms with Crippen LogP contribution in [0.15, 0.2) is 42.7 Å². The van der Waals surface area contributed by atoms with Gasteiger partial charge in [0, 0.05) is 6.54 Å². The van der Waals surface area contributed by atoms with Crippen LogP contribution in [0.5, 0.6) is 0 Å². The second-order valence-electron chi connectivity index (χ2n) is 6.67. The topological polar surface area (TPSA) is 84.4 Å². The summed E-state index contributed by atoms with van der Waals surface area (Å²) in [6.07, 6.45) is 5.35. The lowest BCUT2D eigenvalue weighted by Gasteiger charge is -2.23. The predicted octanol–water partition coefficient (Wildman–Crippen LogP) is 2.42. The van der Waals surface area contributed by atoms with Crippen molar-refractivity contribution in [2.45, 2.75) is 37.8 Å². The Hall–Kier alpha value is -2.25. The maximum atomic E-state index is 10.7. The van der Waals surface area contributed by atoms with Crippen LogP contribution < -0.4 is 0 Å². The molecule has 2 aromatic rings. The van der Waals surface area contributed by atoms with Gasteiger partial charge in [-0.05, 0) is 43.8 Å². The summed E-state index contributed by atoms with van der Waals surface area (Å²) in [5.74, 6) is 0.581. The fraction of sp³-hybridized carbons (Fsp3) is 0.500. The van der Waals surface area contributed by atoms with Crippen LogP contribution in [0.1, 0.15) is 30.7 Å². The number of hydrogen-bond donors (Lipinski definition) is 1. The first-order valence-corrected chi connectivity index (χ1v) is 8.74. The molecule has 1 aliphatic rings. The molecule has 0 amide bonds. The average Bonchev–Trinajstić information content (AvgIpc) is 2.94. The van der Waals surface area contributed by atoms with E-state index in [2.05, 4.69) is 34.3 Å². The number of aliphatic hydroxyl groups is 1. The van der Waals surface area contributed by atoms with Crippen LogP contribution in [-0.4, -0.2) is 50.4 Å². The van der Waals surface area contributed by atoms with Crippen LogP contribution in [-0.2, 0) is 6.54 Å². The van der Waals surface area contributed by atoms with E-state index in [0.717, 1.165) is 25.9 Å². The Morgan fingerprint density at radius 2 is 2.04 bits per heavy atom. The molecule has 134 valence electrons. The Morgan fingerprint density at radius 3 is 2.76 bits per heavy atom. The van der Waals surface area contributed by atoms with Crippen molar-refractivity contribution >= 4 is 5.69 Å². The summed E-state index contributed by atoms with van der Waals surface area (Å²) in [6.45, 7) is 2.76. The first kappa shape index (κ1) is 17.6. The summed E-state index contributed by atoms with van der Waals surface area (Å²) in [5.41, 5.74) is 1.35. The molecule has 0 radical (unpaired) electrons. The Kier molecular flexibility index (Phi) is 5.78. The van der Waals surface area contributed by atoms with Gasteiger partial charge in [0.25, 0.3) is 0 Å². The van der Waals surface area contributed by atoms with E-state index in [1.54, 1.807) is 0 Å². The number of likely N-dealkylation sites (tertiary alicyclic amines) is 1. The van der Waals surface area contributed by atoms with Crippen LogP contribution in [0.2, 0.25) is 0 Å². The summed E-state index contributed by atoms with van der Waals surface area (Å²) < 4.78 is 1.44. The lowest BCUT2D eigenvalue weighted by Crippen LogP contribution is -2.35. The molecule has 0 spiro atoms. The number of nitrogens with zero attached hydrogens (tertiary/aromatic N) is 4. The SMILES string of the molecule is O=[N+]([O-])c1cnn(CC(O)CN2CCCC(c3ccccc3)CC2)c1. The molecule has 1 fully saturated rings. The summed E-state index contributed by atoms with van der Waals surface area (Å²) in [6, 6.07) is 10.6. The lowest BCUT2D eigenvalue weighted by atomic mass is 9.92. The molecule has 0 bridgehead atoms. The maximum absolute atomic E-state index is 10.7. The van der Waals surface area contributed by atoms with Crippen molar-refractivity contribution in [3.63, 3.8) is 0 Å². The second-order valence-corrected chi connectivity index (χ2v) is 6.67. The van der Waals surface area contributed by atoms with Crippen molar-refractivity contribution in [2.24, 2.45) is 0 Å². The highest BCUT2D eigenvalue weighted by Crippen LogP contribution is 2.27. The van der Waals surface area contributed by atoms with Gasteiger partial charge in [-0.25, -0.2) is 0 Å². The molecule has 2 heterocycles. The first-order chi connectivity index (χ1) is 12.1. The molecule has 0 aliphatic carbocycles. The van der Waals surface area contributed by atoms with Crippen LogP contribution in [0.25, 0.3) is 0 Å². The van der Waals surface area contributed by atoms with Gasteiger partial charge in [-0.15, -0.1) is 0 Å². The number of aromatic nitrogens is 2. The Morgan fingerprint density at radius 1 is 1.24 bits per heavy atom. The molecule has 1 N–H and O–H groups in total. The highest BCUT2D eigenvalue weighted by Gasteiger charge is 2.20. The third-order valence-electron chi connectivity index (χ3n) is 4.79. The summed E-state index contributed by atoms with van der Waals surface area (Å²) in [7, 11) is 0. The highest BCUT2D eigenvalue weighted by molar-refractivity contribution is 5.21. The standard InChI is InChI=1S/C18H24N4O3/c23-18(14-21-12-17(11-19-21)22(24)25)13-20-9-4-7-16(8-10-20)15-5-2-1-3-6-15/h1-3,5-6,11-12,16,18,23H,4,7-10,13-14H2. The first-order valence-electron chi connectivity index (χ1n) is 8.74. The van der Waals surface area contributed by atoms with Crippen LogP contribution in [0.3, 0.4) is 0 Å². The molecule has 3 rings (SSSR count). The largest absolute Gasteiger partial charge is 0.390 e. The van der Waals surface area contributed by atoms with Gasteiger partial charge in [0.15, 0.2) is 0 Å². The van der Waals surface area contributed by atoms with Gasteiger partial charge < -0.3 is 10.0 Å². The summed E-state index contributed by atoms with van der Waals surface area (Å²) >= 11 is 0. The van der Waals surface area contributed by atoms with Crippen molar-refractivity contribution in [3.8, 4) is 0 Å². The third-order valence-corrected chi connectivity index (χ3v) is 4.79. The molecule has 2 atom stereocenters. The molecule has 1 aromatic carbocycles. The minimum Gasteiger partial charge on any atom is -0.390 e. The zero-order valence-electron chi connectivity index (χ0n) is 14.2. The van der Waals surface area contributed by atoms with E-state index in [1.807, 2.05) is 6.07 Å². The predicted molar refractivity (Wildman–Crippen MR) is 94.4 cm³/mol. The number of nitro groups is 1. The zero-order chi connectivity index (χ0) is 17.6. The van der Waals surface area contributed by atoms with Crippen molar-refractivity contribution in [1.29, 1.82) is 0 Å². The molecule has 7 heteroatoms. The molecule has 0 saturated carbocycles. The van der Waals surface area contributed by atoms with Gasteiger partial charge in [-0.1, -0.05) is 30.3 Å². The van der Waals surface area contributed by atoms with Gasteiger partial charge in [-0.3, -0.25) is 14.8 Å². The van der Waals surface area contributed by atoms with Gasteiger partial charge in [0.2, 0.25) is 0 Å². The van der Waals surface area contributed by atoms with Gasteiger partial charge in [0.05, 0.1) is 17.6 Å². The second kappa shape index (κ2) is 8.22. The number of benzene rings is 1.